The first-order chi connectivity index (χ1) is 17.7. The molecule has 212 valence electrons. The Kier molecular flexibility index (Phi) is 9.31. The van der Waals surface area contributed by atoms with Gasteiger partial charge in [-0.15, -0.1) is 0 Å². The third-order valence-corrected chi connectivity index (χ3v) is 7.73. The summed E-state index contributed by atoms with van der Waals surface area (Å²) in [4.78, 5) is 20.4. The number of aryl methyl sites for hydroxylation is 1. The molecule has 0 bridgehead atoms. The molecule has 0 saturated heterocycles. The zero-order valence-electron chi connectivity index (χ0n) is 22.0. The van der Waals surface area contributed by atoms with Crippen molar-refractivity contribution < 1.29 is 35.9 Å². The maximum atomic E-state index is 13.4. The van der Waals surface area contributed by atoms with Gasteiger partial charge in [0.15, 0.2) is 5.03 Å². The molecule has 1 amide bonds. The number of ether oxygens (including phenoxy) is 2. The molecule has 0 fully saturated rings. The normalized spacial score (nSPS) is 22.3. The van der Waals surface area contributed by atoms with E-state index < -0.39 is 40.7 Å². The highest BCUT2D eigenvalue weighted by Gasteiger charge is 2.32. The molecule has 3 rings (SSSR count). The number of methoxy groups -OCH3 is 1. The highest BCUT2D eigenvalue weighted by molar-refractivity contribution is 7.92. The van der Waals surface area contributed by atoms with Gasteiger partial charge in [-0.25, -0.2) is 4.98 Å². The fourth-order valence-electron chi connectivity index (χ4n) is 4.23. The third-order valence-electron chi connectivity index (χ3n) is 6.47. The van der Waals surface area contributed by atoms with Gasteiger partial charge in [0.2, 0.25) is 0 Å². The zero-order valence-corrected chi connectivity index (χ0v) is 22.8. The summed E-state index contributed by atoms with van der Waals surface area (Å²) in [6, 6.07) is 3.88. The van der Waals surface area contributed by atoms with Gasteiger partial charge in [0, 0.05) is 58.8 Å². The number of halogens is 3. The maximum absolute atomic E-state index is 13.4. The van der Waals surface area contributed by atoms with Crippen molar-refractivity contribution in [3.8, 4) is 5.75 Å². The van der Waals surface area contributed by atoms with Crippen molar-refractivity contribution in [3.63, 3.8) is 0 Å². The molecular weight excluding hydrogens is 527 g/mol. The van der Waals surface area contributed by atoms with E-state index in [0.717, 1.165) is 0 Å². The molecule has 0 radical (unpaired) electrons. The van der Waals surface area contributed by atoms with Crippen LogP contribution in [0.15, 0.2) is 35.7 Å². The van der Waals surface area contributed by atoms with Crippen molar-refractivity contribution in [2.45, 2.75) is 43.6 Å². The van der Waals surface area contributed by atoms with Crippen molar-refractivity contribution in [1.29, 1.82) is 0 Å². The quantitative estimate of drug-likeness (QED) is 0.578. The first kappa shape index (κ1) is 29.7. The number of hydrogen-bond donors (Lipinski definition) is 1. The number of likely N-dealkylation sites (N-methyl/N-ethyl adjacent to an activating group) is 1. The van der Waals surface area contributed by atoms with E-state index >= 15 is 0 Å². The van der Waals surface area contributed by atoms with Crippen molar-refractivity contribution in [1.82, 2.24) is 19.4 Å². The number of carbonyl (C=O) groups is 1. The molecule has 14 heteroatoms. The van der Waals surface area contributed by atoms with E-state index in [9.17, 15) is 26.4 Å². The first-order valence-electron chi connectivity index (χ1n) is 12.1. The summed E-state index contributed by atoms with van der Waals surface area (Å²) in [5, 5.41) is -0.183. The maximum Gasteiger partial charge on any atom is 0.390 e. The van der Waals surface area contributed by atoms with Crippen LogP contribution in [-0.4, -0.2) is 92.4 Å². The number of aromatic nitrogens is 2. The zero-order chi connectivity index (χ0) is 28.3. The lowest BCUT2D eigenvalue weighted by molar-refractivity contribution is -0.140. The monoisotopic (exact) mass is 561 g/mol. The Balaban J connectivity index is 1.94. The van der Waals surface area contributed by atoms with Crippen LogP contribution in [0.5, 0.6) is 5.75 Å². The minimum Gasteiger partial charge on any atom is -0.491 e. The smallest absolute Gasteiger partial charge is 0.390 e. The minimum absolute atomic E-state index is 0.0191. The van der Waals surface area contributed by atoms with Gasteiger partial charge in [-0.2, -0.15) is 21.6 Å². The SMILES string of the molecule is CO[C@H]1CN(C)C(=O)c2cc(NS(=O)(=O)c3cn(C)cn3)ccc2OC[C@@H](C)N(CCC(F)(F)F)C[C@H]1C. The highest BCUT2D eigenvalue weighted by Crippen LogP contribution is 2.28. The molecule has 0 unspecified atom stereocenters. The number of nitrogens with one attached hydrogen (secondary N) is 1. The van der Waals surface area contributed by atoms with Crippen LogP contribution in [0.25, 0.3) is 0 Å². The van der Waals surface area contributed by atoms with Gasteiger partial charge in [-0.3, -0.25) is 14.4 Å². The summed E-state index contributed by atoms with van der Waals surface area (Å²) in [6.07, 6.45) is -3.01. The summed E-state index contributed by atoms with van der Waals surface area (Å²) in [5.74, 6) is -0.426. The van der Waals surface area contributed by atoms with Crippen molar-refractivity contribution in [2.24, 2.45) is 13.0 Å². The van der Waals surface area contributed by atoms with Crippen molar-refractivity contribution in [3.05, 3.63) is 36.3 Å². The highest BCUT2D eigenvalue weighted by atomic mass is 32.2. The van der Waals surface area contributed by atoms with Gasteiger partial charge in [0.1, 0.15) is 12.4 Å². The standard InChI is InChI=1S/C24H34F3N5O5S/c1-16-11-32(9-8-24(25,26)27)17(2)14-37-20-7-6-18(29-38(34,35)22-13-30(3)15-28-22)10-19(20)23(33)31(4)12-21(16)36-5/h6-7,10,13,15-17,21,29H,8-9,11-12,14H2,1-5H3/t16-,17-,21+/m1/s1. The molecule has 38 heavy (non-hydrogen) atoms. The van der Waals surface area contributed by atoms with E-state index in [0.29, 0.717) is 6.54 Å². The van der Waals surface area contributed by atoms with E-state index in [-0.39, 0.29) is 47.6 Å². The van der Waals surface area contributed by atoms with Gasteiger partial charge < -0.3 is 18.9 Å². The minimum atomic E-state index is -4.30. The van der Waals surface area contributed by atoms with Crippen LogP contribution in [0.1, 0.15) is 30.6 Å². The van der Waals surface area contributed by atoms with Crippen LogP contribution in [0, 0.1) is 5.92 Å². The Bertz CT molecular complexity index is 1220. The lowest BCUT2D eigenvalue weighted by Gasteiger charge is -2.36. The predicted octanol–water partition coefficient (Wildman–Crippen LogP) is 2.98. The number of alkyl halides is 3. The number of anilines is 1. The fourth-order valence-corrected chi connectivity index (χ4v) is 5.26. The largest absolute Gasteiger partial charge is 0.491 e. The number of hydrogen-bond acceptors (Lipinski definition) is 7. The van der Waals surface area contributed by atoms with Crippen LogP contribution < -0.4 is 9.46 Å². The van der Waals surface area contributed by atoms with E-state index in [4.69, 9.17) is 9.47 Å². The Morgan fingerprint density at radius 2 is 1.92 bits per heavy atom. The second-order valence-electron chi connectivity index (χ2n) is 9.65. The van der Waals surface area contributed by atoms with Crippen LogP contribution in [0.3, 0.4) is 0 Å². The summed E-state index contributed by atoms with van der Waals surface area (Å²) < 4.78 is 79.9. The van der Waals surface area contributed by atoms with Crippen LogP contribution in [-0.2, 0) is 21.8 Å². The number of fused-ring (bicyclic) bond motifs is 1. The average Bonchev–Trinajstić information content (AvgIpc) is 3.29. The summed E-state index contributed by atoms with van der Waals surface area (Å²) in [6.45, 7) is 3.93. The molecule has 10 nitrogen and oxygen atoms in total. The molecule has 1 aromatic heterocycles. The number of rotatable bonds is 6. The molecule has 0 spiro atoms. The number of imidazole rings is 1. The lowest BCUT2D eigenvalue weighted by atomic mass is 10.0. The number of benzene rings is 1. The van der Waals surface area contributed by atoms with Crippen LogP contribution in [0.2, 0.25) is 0 Å². The number of nitrogens with zero attached hydrogens (tertiary/aromatic N) is 4. The average molecular weight is 562 g/mol. The molecule has 3 atom stereocenters. The number of carbonyl (C=O) groups excluding carboxylic acids is 1. The first-order valence-corrected chi connectivity index (χ1v) is 13.5. The van der Waals surface area contributed by atoms with Crippen LogP contribution >= 0.6 is 0 Å². The van der Waals surface area contributed by atoms with E-state index in [1.54, 1.807) is 25.9 Å². The molecule has 0 aliphatic carbocycles. The predicted molar refractivity (Wildman–Crippen MR) is 135 cm³/mol. The van der Waals surface area contributed by atoms with Crippen LogP contribution in [0.4, 0.5) is 18.9 Å². The van der Waals surface area contributed by atoms with E-state index in [1.165, 1.54) is 47.3 Å². The lowest BCUT2D eigenvalue weighted by Crippen LogP contribution is -2.47. The van der Waals surface area contributed by atoms with E-state index in [1.807, 2.05) is 6.92 Å². The molecular formula is C24H34F3N5O5S. The Morgan fingerprint density at radius 1 is 1.21 bits per heavy atom. The molecule has 1 aliphatic rings. The number of amides is 1. The third kappa shape index (κ3) is 7.60. The molecule has 2 aromatic rings. The molecule has 2 heterocycles. The van der Waals surface area contributed by atoms with Gasteiger partial charge in [0.25, 0.3) is 15.9 Å². The van der Waals surface area contributed by atoms with Gasteiger partial charge in [-0.1, -0.05) is 6.92 Å². The topological polar surface area (TPSA) is 106 Å². The molecule has 1 aliphatic heterocycles. The molecule has 1 aromatic carbocycles. The Hall–Kier alpha value is -2.84. The Labute approximate surface area is 220 Å². The fraction of sp³-hybridized carbons (Fsp3) is 0.583. The second kappa shape index (κ2) is 11.9. The van der Waals surface area contributed by atoms with Gasteiger partial charge in [0.05, 0.1) is 24.4 Å². The molecule has 0 saturated carbocycles. The van der Waals surface area contributed by atoms with Gasteiger partial charge >= 0.3 is 6.18 Å². The Morgan fingerprint density at radius 3 is 2.53 bits per heavy atom. The molecule has 1 N–H and O–H groups in total. The summed E-state index contributed by atoms with van der Waals surface area (Å²) in [5.41, 5.74) is 0.231. The van der Waals surface area contributed by atoms with Crippen molar-refractivity contribution in [2.75, 3.05) is 45.1 Å². The summed E-state index contributed by atoms with van der Waals surface area (Å²) in [7, 11) is 0.698. The number of sulfonamides is 1. The van der Waals surface area contributed by atoms with E-state index in [2.05, 4.69) is 9.71 Å². The summed E-state index contributed by atoms with van der Waals surface area (Å²) >= 11 is 0. The second-order valence-corrected chi connectivity index (χ2v) is 11.3. The van der Waals surface area contributed by atoms with Crippen molar-refractivity contribution >= 4 is 21.6 Å². The van der Waals surface area contributed by atoms with Gasteiger partial charge in [-0.05, 0) is 31.0 Å².